The summed E-state index contributed by atoms with van der Waals surface area (Å²) in [5, 5.41) is 5.87. The SMILES string of the molecule is O=C(COc1ccc2c(c1)OCO2)N1CCC(c2ccccc2)=N1. The lowest BCUT2D eigenvalue weighted by Crippen LogP contribution is -2.28. The zero-order chi connectivity index (χ0) is 16.4. The van der Waals surface area contributed by atoms with Crippen LogP contribution in [0.1, 0.15) is 12.0 Å². The van der Waals surface area contributed by atoms with Crippen molar-refractivity contribution < 1.29 is 19.0 Å². The van der Waals surface area contributed by atoms with Gasteiger partial charge >= 0.3 is 0 Å². The molecule has 2 heterocycles. The molecular formula is C18H16N2O4. The highest BCUT2D eigenvalue weighted by Crippen LogP contribution is 2.35. The van der Waals surface area contributed by atoms with Gasteiger partial charge in [-0.05, 0) is 17.7 Å². The van der Waals surface area contributed by atoms with Crippen LogP contribution in [0.3, 0.4) is 0 Å². The van der Waals surface area contributed by atoms with E-state index in [0.29, 0.717) is 23.8 Å². The van der Waals surface area contributed by atoms with Crippen LogP contribution in [0.15, 0.2) is 53.6 Å². The summed E-state index contributed by atoms with van der Waals surface area (Å²) in [7, 11) is 0. The quantitative estimate of drug-likeness (QED) is 0.867. The predicted octanol–water partition coefficient (Wildman–Crippen LogP) is 2.43. The fraction of sp³-hybridized carbons (Fsp3) is 0.222. The van der Waals surface area contributed by atoms with Crippen LogP contribution in [0, 0.1) is 0 Å². The number of carbonyl (C=O) groups is 1. The Bertz CT molecular complexity index is 789. The molecule has 0 aromatic heterocycles. The summed E-state index contributed by atoms with van der Waals surface area (Å²) in [4.78, 5) is 12.3. The van der Waals surface area contributed by atoms with Gasteiger partial charge in [-0.2, -0.15) is 5.10 Å². The molecule has 6 nitrogen and oxygen atoms in total. The van der Waals surface area contributed by atoms with E-state index < -0.39 is 0 Å². The highest BCUT2D eigenvalue weighted by molar-refractivity contribution is 6.02. The van der Waals surface area contributed by atoms with Crippen molar-refractivity contribution in [3.63, 3.8) is 0 Å². The van der Waals surface area contributed by atoms with Gasteiger partial charge in [-0.25, -0.2) is 5.01 Å². The van der Waals surface area contributed by atoms with Crippen molar-refractivity contribution in [2.75, 3.05) is 19.9 Å². The Kier molecular flexibility index (Phi) is 3.78. The van der Waals surface area contributed by atoms with Crippen molar-refractivity contribution in [3.8, 4) is 17.2 Å². The van der Waals surface area contributed by atoms with Crippen LogP contribution in [0.2, 0.25) is 0 Å². The van der Waals surface area contributed by atoms with Crippen molar-refractivity contribution in [2.45, 2.75) is 6.42 Å². The molecule has 2 aliphatic heterocycles. The van der Waals surface area contributed by atoms with E-state index in [4.69, 9.17) is 14.2 Å². The first-order chi connectivity index (χ1) is 11.8. The minimum atomic E-state index is -0.168. The van der Waals surface area contributed by atoms with Crippen LogP contribution in [0.4, 0.5) is 0 Å². The molecule has 0 spiro atoms. The second-order valence-electron chi connectivity index (χ2n) is 5.48. The number of nitrogens with zero attached hydrogens (tertiary/aromatic N) is 2. The summed E-state index contributed by atoms with van der Waals surface area (Å²) >= 11 is 0. The van der Waals surface area contributed by atoms with E-state index >= 15 is 0 Å². The monoisotopic (exact) mass is 324 g/mol. The molecule has 0 radical (unpaired) electrons. The number of fused-ring (bicyclic) bond motifs is 1. The molecule has 0 N–H and O–H groups in total. The first-order valence-corrected chi connectivity index (χ1v) is 7.75. The topological polar surface area (TPSA) is 60.4 Å². The van der Waals surface area contributed by atoms with Crippen molar-refractivity contribution in [1.29, 1.82) is 0 Å². The highest BCUT2D eigenvalue weighted by Gasteiger charge is 2.22. The van der Waals surface area contributed by atoms with E-state index in [0.717, 1.165) is 17.7 Å². The summed E-state index contributed by atoms with van der Waals surface area (Å²) in [6, 6.07) is 15.1. The fourth-order valence-corrected chi connectivity index (χ4v) is 2.66. The lowest BCUT2D eigenvalue weighted by molar-refractivity contribution is -0.132. The Morgan fingerprint density at radius 2 is 1.96 bits per heavy atom. The van der Waals surface area contributed by atoms with E-state index in [1.807, 2.05) is 30.3 Å². The molecule has 6 heteroatoms. The van der Waals surface area contributed by atoms with Gasteiger partial charge in [0, 0.05) is 12.5 Å². The van der Waals surface area contributed by atoms with Gasteiger partial charge in [0.2, 0.25) is 6.79 Å². The molecule has 4 rings (SSSR count). The van der Waals surface area contributed by atoms with Crippen LogP contribution in [-0.2, 0) is 4.79 Å². The second-order valence-corrected chi connectivity index (χ2v) is 5.48. The molecule has 2 aliphatic rings. The zero-order valence-electron chi connectivity index (χ0n) is 13.0. The summed E-state index contributed by atoms with van der Waals surface area (Å²) in [5.41, 5.74) is 1.97. The van der Waals surface area contributed by atoms with Gasteiger partial charge in [0.15, 0.2) is 18.1 Å². The molecule has 1 amide bonds. The Hall–Kier alpha value is -3.02. The van der Waals surface area contributed by atoms with E-state index in [1.54, 1.807) is 18.2 Å². The molecule has 0 aliphatic carbocycles. The summed E-state index contributed by atoms with van der Waals surface area (Å²) in [5.74, 6) is 1.72. The third kappa shape index (κ3) is 2.90. The normalized spacial score (nSPS) is 15.3. The molecule has 0 fully saturated rings. The lowest BCUT2D eigenvalue weighted by Gasteiger charge is -2.12. The molecule has 0 saturated heterocycles. The van der Waals surface area contributed by atoms with Crippen LogP contribution >= 0.6 is 0 Å². The highest BCUT2D eigenvalue weighted by atomic mass is 16.7. The standard InChI is InChI=1S/C18H16N2O4/c21-18(11-22-14-6-7-16-17(10-14)24-12-23-16)20-9-8-15(19-20)13-4-2-1-3-5-13/h1-7,10H,8-9,11-12H2. The van der Waals surface area contributed by atoms with Gasteiger partial charge in [-0.1, -0.05) is 30.3 Å². The van der Waals surface area contributed by atoms with Gasteiger partial charge in [-0.15, -0.1) is 0 Å². The molecule has 2 aromatic rings. The first-order valence-electron chi connectivity index (χ1n) is 7.75. The van der Waals surface area contributed by atoms with Crippen molar-refractivity contribution in [2.24, 2.45) is 5.10 Å². The molecule has 0 unspecified atom stereocenters. The van der Waals surface area contributed by atoms with E-state index in [1.165, 1.54) is 5.01 Å². The maximum absolute atomic E-state index is 12.3. The number of ether oxygens (including phenoxy) is 3. The predicted molar refractivity (Wildman–Crippen MR) is 87.4 cm³/mol. The van der Waals surface area contributed by atoms with Crippen LogP contribution in [-0.4, -0.2) is 36.6 Å². The fourth-order valence-electron chi connectivity index (χ4n) is 2.66. The third-order valence-electron chi connectivity index (χ3n) is 3.90. The van der Waals surface area contributed by atoms with E-state index in [-0.39, 0.29) is 19.3 Å². The van der Waals surface area contributed by atoms with E-state index in [2.05, 4.69) is 5.10 Å². The Balaban J connectivity index is 1.38. The minimum absolute atomic E-state index is 0.0643. The molecule has 2 aromatic carbocycles. The Morgan fingerprint density at radius 1 is 1.12 bits per heavy atom. The second kappa shape index (κ2) is 6.23. The summed E-state index contributed by atoms with van der Waals surface area (Å²) < 4.78 is 16.1. The molecular weight excluding hydrogens is 308 g/mol. The number of carbonyl (C=O) groups excluding carboxylic acids is 1. The Morgan fingerprint density at radius 3 is 2.83 bits per heavy atom. The molecule has 0 saturated carbocycles. The maximum atomic E-state index is 12.3. The van der Waals surface area contributed by atoms with Gasteiger partial charge in [-0.3, -0.25) is 4.79 Å². The van der Waals surface area contributed by atoms with Crippen LogP contribution in [0.25, 0.3) is 0 Å². The first kappa shape index (κ1) is 14.6. The molecule has 0 atom stereocenters. The number of benzene rings is 2. The van der Waals surface area contributed by atoms with Gasteiger partial charge in [0.25, 0.3) is 5.91 Å². The van der Waals surface area contributed by atoms with Crippen LogP contribution < -0.4 is 14.2 Å². The molecule has 24 heavy (non-hydrogen) atoms. The third-order valence-corrected chi connectivity index (χ3v) is 3.90. The van der Waals surface area contributed by atoms with Crippen molar-refractivity contribution >= 4 is 11.6 Å². The average molecular weight is 324 g/mol. The lowest BCUT2D eigenvalue weighted by atomic mass is 10.1. The van der Waals surface area contributed by atoms with E-state index in [9.17, 15) is 4.79 Å². The number of amides is 1. The smallest absolute Gasteiger partial charge is 0.280 e. The van der Waals surface area contributed by atoms with Crippen molar-refractivity contribution in [3.05, 3.63) is 54.1 Å². The average Bonchev–Trinajstić information content (AvgIpc) is 3.29. The summed E-state index contributed by atoms with van der Waals surface area (Å²) in [6.07, 6.45) is 0.750. The van der Waals surface area contributed by atoms with Gasteiger partial charge < -0.3 is 14.2 Å². The largest absolute Gasteiger partial charge is 0.484 e. The van der Waals surface area contributed by atoms with Gasteiger partial charge in [0.05, 0.1) is 12.3 Å². The molecule has 122 valence electrons. The van der Waals surface area contributed by atoms with Crippen molar-refractivity contribution in [1.82, 2.24) is 5.01 Å². The minimum Gasteiger partial charge on any atom is -0.484 e. The summed E-state index contributed by atoms with van der Waals surface area (Å²) in [6.45, 7) is 0.723. The number of hydrogen-bond acceptors (Lipinski definition) is 5. The Labute approximate surface area is 139 Å². The number of rotatable bonds is 4. The zero-order valence-corrected chi connectivity index (χ0v) is 13.0. The van der Waals surface area contributed by atoms with Crippen LogP contribution in [0.5, 0.6) is 17.2 Å². The van der Waals surface area contributed by atoms with Gasteiger partial charge in [0.1, 0.15) is 5.75 Å². The maximum Gasteiger partial charge on any atom is 0.280 e. The number of hydrogen-bond donors (Lipinski definition) is 0. The molecule has 0 bridgehead atoms. The number of hydrazone groups is 1.